The van der Waals surface area contributed by atoms with Gasteiger partial charge < -0.3 is 4.74 Å². The number of hydrogen-bond donors (Lipinski definition) is 2. The highest BCUT2D eigenvalue weighted by Crippen LogP contribution is 2.29. The summed E-state index contributed by atoms with van der Waals surface area (Å²) in [5.74, 6) is 6.24. The van der Waals surface area contributed by atoms with Gasteiger partial charge in [-0.25, -0.2) is 0 Å². The summed E-state index contributed by atoms with van der Waals surface area (Å²) in [6.45, 7) is 2.16. The molecule has 0 heterocycles. The third-order valence-electron chi connectivity index (χ3n) is 2.63. The van der Waals surface area contributed by atoms with Gasteiger partial charge in [0, 0.05) is 6.04 Å². The standard InChI is InChI=1S/C12H19ClN2O/c1-3-4-5-11(15-14)9-6-7-10(13)12(8-9)16-2/h6-8,11,15H,3-5,14H2,1-2H3. The number of hydrazine groups is 1. The molecule has 0 saturated carbocycles. The van der Waals surface area contributed by atoms with Crippen LogP contribution in [0, 0.1) is 0 Å². The third-order valence-corrected chi connectivity index (χ3v) is 2.94. The molecule has 0 saturated heterocycles. The van der Waals surface area contributed by atoms with Crippen molar-refractivity contribution in [3.63, 3.8) is 0 Å². The van der Waals surface area contributed by atoms with Crippen molar-refractivity contribution >= 4 is 11.6 Å². The van der Waals surface area contributed by atoms with Crippen molar-refractivity contribution in [1.82, 2.24) is 5.43 Å². The van der Waals surface area contributed by atoms with Crippen molar-refractivity contribution in [3.8, 4) is 5.75 Å². The Bertz CT molecular complexity index is 331. The number of hydrogen-bond acceptors (Lipinski definition) is 3. The van der Waals surface area contributed by atoms with E-state index >= 15 is 0 Å². The van der Waals surface area contributed by atoms with Gasteiger partial charge in [-0.15, -0.1) is 0 Å². The van der Waals surface area contributed by atoms with Crippen molar-refractivity contribution in [2.75, 3.05) is 7.11 Å². The van der Waals surface area contributed by atoms with Gasteiger partial charge in [-0.2, -0.15) is 0 Å². The van der Waals surface area contributed by atoms with E-state index in [1.807, 2.05) is 18.2 Å². The largest absolute Gasteiger partial charge is 0.495 e. The molecule has 0 aliphatic heterocycles. The summed E-state index contributed by atoms with van der Waals surface area (Å²) in [4.78, 5) is 0. The van der Waals surface area contributed by atoms with E-state index in [2.05, 4.69) is 12.3 Å². The molecule has 0 amide bonds. The van der Waals surface area contributed by atoms with Gasteiger partial charge >= 0.3 is 0 Å². The smallest absolute Gasteiger partial charge is 0.137 e. The Hall–Kier alpha value is -0.770. The topological polar surface area (TPSA) is 47.3 Å². The molecule has 0 aliphatic rings. The highest BCUT2D eigenvalue weighted by Gasteiger charge is 2.11. The second-order valence-corrected chi connectivity index (χ2v) is 4.16. The van der Waals surface area contributed by atoms with E-state index in [0.717, 1.165) is 24.8 Å². The normalized spacial score (nSPS) is 12.5. The van der Waals surface area contributed by atoms with Crippen LogP contribution in [0.4, 0.5) is 0 Å². The average molecular weight is 243 g/mol. The molecule has 90 valence electrons. The summed E-state index contributed by atoms with van der Waals surface area (Å²) in [7, 11) is 1.61. The molecule has 1 unspecified atom stereocenters. The van der Waals surface area contributed by atoms with Gasteiger partial charge in [0.1, 0.15) is 5.75 Å². The number of rotatable bonds is 6. The Morgan fingerprint density at radius 2 is 2.25 bits per heavy atom. The summed E-state index contributed by atoms with van der Waals surface area (Å²) in [5, 5.41) is 0.623. The fourth-order valence-corrected chi connectivity index (χ4v) is 1.84. The fourth-order valence-electron chi connectivity index (χ4n) is 1.65. The maximum absolute atomic E-state index is 5.97. The monoisotopic (exact) mass is 242 g/mol. The van der Waals surface area contributed by atoms with Crippen LogP contribution in [0.1, 0.15) is 37.8 Å². The Morgan fingerprint density at radius 3 is 2.81 bits per heavy atom. The predicted molar refractivity (Wildman–Crippen MR) is 67.6 cm³/mol. The molecular formula is C12H19ClN2O. The molecule has 0 bridgehead atoms. The molecule has 0 spiro atoms. The van der Waals surface area contributed by atoms with E-state index in [1.165, 1.54) is 0 Å². The SMILES string of the molecule is CCCCC(NN)c1ccc(Cl)c(OC)c1. The van der Waals surface area contributed by atoms with Crippen molar-refractivity contribution < 1.29 is 4.74 Å². The minimum Gasteiger partial charge on any atom is -0.495 e. The molecule has 0 radical (unpaired) electrons. The molecule has 0 aromatic heterocycles. The number of benzene rings is 1. The van der Waals surface area contributed by atoms with Crippen LogP contribution >= 0.6 is 11.6 Å². The zero-order chi connectivity index (χ0) is 12.0. The van der Waals surface area contributed by atoms with E-state index in [4.69, 9.17) is 22.2 Å². The Morgan fingerprint density at radius 1 is 1.50 bits per heavy atom. The van der Waals surface area contributed by atoms with Crippen LogP contribution in [0.15, 0.2) is 18.2 Å². The first-order valence-electron chi connectivity index (χ1n) is 5.52. The minimum atomic E-state index is 0.158. The molecule has 3 nitrogen and oxygen atoms in total. The summed E-state index contributed by atoms with van der Waals surface area (Å²) < 4.78 is 5.18. The van der Waals surface area contributed by atoms with Crippen LogP contribution in [-0.2, 0) is 0 Å². The lowest BCUT2D eigenvalue weighted by atomic mass is 10.0. The molecule has 0 fully saturated rings. The van der Waals surface area contributed by atoms with Crippen LogP contribution < -0.4 is 16.0 Å². The average Bonchev–Trinajstić information content (AvgIpc) is 2.32. The lowest BCUT2D eigenvalue weighted by Gasteiger charge is -2.17. The number of methoxy groups -OCH3 is 1. The quantitative estimate of drug-likeness (QED) is 0.596. The van der Waals surface area contributed by atoms with Crippen molar-refractivity contribution in [3.05, 3.63) is 28.8 Å². The fraction of sp³-hybridized carbons (Fsp3) is 0.500. The van der Waals surface area contributed by atoms with Crippen molar-refractivity contribution in [2.45, 2.75) is 32.2 Å². The summed E-state index contributed by atoms with van der Waals surface area (Å²) >= 11 is 5.97. The van der Waals surface area contributed by atoms with Gasteiger partial charge in [0.25, 0.3) is 0 Å². The first-order chi connectivity index (χ1) is 7.72. The number of ether oxygens (including phenoxy) is 1. The van der Waals surface area contributed by atoms with Crippen LogP contribution in [0.3, 0.4) is 0 Å². The highest BCUT2D eigenvalue weighted by atomic mass is 35.5. The molecule has 3 N–H and O–H groups in total. The van der Waals surface area contributed by atoms with Gasteiger partial charge in [0.15, 0.2) is 0 Å². The van der Waals surface area contributed by atoms with Crippen LogP contribution in [0.25, 0.3) is 0 Å². The zero-order valence-corrected chi connectivity index (χ0v) is 10.6. The first-order valence-corrected chi connectivity index (χ1v) is 5.90. The van der Waals surface area contributed by atoms with Crippen molar-refractivity contribution in [1.29, 1.82) is 0 Å². The summed E-state index contributed by atoms with van der Waals surface area (Å²) in [5.41, 5.74) is 3.93. The molecular weight excluding hydrogens is 224 g/mol. The van der Waals surface area contributed by atoms with Crippen LogP contribution in [0.2, 0.25) is 5.02 Å². The first kappa shape index (κ1) is 13.3. The van der Waals surface area contributed by atoms with Crippen molar-refractivity contribution in [2.24, 2.45) is 5.84 Å². The van der Waals surface area contributed by atoms with Crippen LogP contribution in [0.5, 0.6) is 5.75 Å². The minimum absolute atomic E-state index is 0.158. The molecule has 16 heavy (non-hydrogen) atoms. The number of nitrogens with two attached hydrogens (primary N) is 1. The molecule has 1 atom stereocenters. The van der Waals surface area contributed by atoms with E-state index in [9.17, 15) is 0 Å². The molecule has 1 rings (SSSR count). The lowest BCUT2D eigenvalue weighted by Crippen LogP contribution is -2.27. The number of halogens is 1. The second-order valence-electron chi connectivity index (χ2n) is 3.76. The molecule has 4 heteroatoms. The van der Waals surface area contributed by atoms with Crippen LogP contribution in [-0.4, -0.2) is 7.11 Å². The van der Waals surface area contributed by atoms with E-state index in [0.29, 0.717) is 10.8 Å². The highest BCUT2D eigenvalue weighted by molar-refractivity contribution is 6.32. The second kappa shape index (κ2) is 6.74. The zero-order valence-electron chi connectivity index (χ0n) is 9.79. The molecule has 1 aromatic carbocycles. The maximum atomic E-state index is 5.97. The Kier molecular flexibility index (Phi) is 5.60. The maximum Gasteiger partial charge on any atom is 0.137 e. The van der Waals surface area contributed by atoms with Gasteiger partial charge in [-0.1, -0.05) is 37.4 Å². The molecule has 1 aromatic rings. The van der Waals surface area contributed by atoms with E-state index in [-0.39, 0.29) is 6.04 Å². The number of unbranched alkanes of at least 4 members (excludes halogenated alkanes) is 1. The van der Waals surface area contributed by atoms with E-state index in [1.54, 1.807) is 7.11 Å². The van der Waals surface area contributed by atoms with Gasteiger partial charge in [0.2, 0.25) is 0 Å². The van der Waals surface area contributed by atoms with Gasteiger partial charge in [-0.3, -0.25) is 11.3 Å². The third kappa shape index (κ3) is 3.37. The van der Waals surface area contributed by atoms with Gasteiger partial charge in [0.05, 0.1) is 12.1 Å². The summed E-state index contributed by atoms with van der Waals surface area (Å²) in [6, 6.07) is 5.91. The van der Waals surface area contributed by atoms with Gasteiger partial charge in [-0.05, 0) is 24.1 Å². The lowest BCUT2D eigenvalue weighted by molar-refractivity contribution is 0.412. The Balaban J connectivity index is 2.83. The Labute approximate surface area is 102 Å². The summed E-state index contributed by atoms with van der Waals surface area (Å²) in [6.07, 6.45) is 3.31. The number of nitrogens with one attached hydrogen (secondary N) is 1. The van der Waals surface area contributed by atoms with E-state index < -0.39 is 0 Å². The molecule has 0 aliphatic carbocycles. The predicted octanol–water partition coefficient (Wildman–Crippen LogP) is 3.04.